The SMILES string of the molecule is CCOc1cc(NC(C)=O)ccc1C(=O)NN[C@H](C#N)c1ccc(Cl)cc1Cl. The Balaban J connectivity index is 2.17. The van der Waals surface area contributed by atoms with Crippen LogP contribution in [-0.4, -0.2) is 18.4 Å². The van der Waals surface area contributed by atoms with Crippen molar-refractivity contribution in [2.45, 2.75) is 19.9 Å². The summed E-state index contributed by atoms with van der Waals surface area (Å²) in [5.74, 6) is -0.452. The molecule has 146 valence electrons. The zero-order chi connectivity index (χ0) is 20.7. The molecule has 0 saturated heterocycles. The monoisotopic (exact) mass is 420 g/mol. The van der Waals surface area contributed by atoms with Crippen LogP contribution in [0.15, 0.2) is 36.4 Å². The molecule has 0 saturated carbocycles. The lowest BCUT2D eigenvalue weighted by atomic mass is 10.1. The molecule has 0 spiro atoms. The fourth-order valence-electron chi connectivity index (χ4n) is 2.39. The van der Waals surface area contributed by atoms with E-state index in [4.69, 9.17) is 27.9 Å². The molecular formula is C19H18Cl2N4O3. The number of nitrogens with zero attached hydrogens (tertiary/aromatic N) is 1. The van der Waals surface area contributed by atoms with Crippen molar-refractivity contribution in [2.24, 2.45) is 0 Å². The summed E-state index contributed by atoms with van der Waals surface area (Å²) in [6, 6.07) is 10.5. The van der Waals surface area contributed by atoms with Crippen molar-refractivity contribution >= 4 is 40.7 Å². The minimum Gasteiger partial charge on any atom is -0.493 e. The van der Waals surface area contributed by atoms with Crippen molar-refractivity contribution in [2.75, 3.05) is 11.9 Å². The van der Waals surface area contributed by atoms with E-state index in [0.717, 1.165) is 0 Å². The highest BCUT2D eigenvalue weighted by molar-refractivity contribution is 6.35. The van der Waals surface area contributed by atoms with Gasteiger partial charge in [-0.15, -0.1) is 0 Å². The minimum atomic E-state index is -0.886. The van der Waals surface area contributed by atoms with E-state index in [2.05, 4.69) is 16.2 Å². The van der Waals surface area contributed by atoms with Crippen LogP contribution >= 0.6 is 23.2 Å². The number of hydrogen-bond donors (Lipinski definition) is 3. The summed E-state index contributed by atoms with van der Waals surface area (Å²) in [4.78, 5) is 23.8. The summed E-state index contributed by atoms with van der Waals surface area (Å²) >= 11 is 12.0. The van der Waals surface area contributed by atoms with Gasteiger partial charge in [0.05, 0.1) is 18.2 Å². The van der Waals surface area contributed by atoms with E-state index < -0.39 is 11.9 Å². The molecule has 0 unspecified atom stereocenters. The molecule has 7 nitrogen and oxygen atoms in total. The van der Waals surface area contributed by atoms with Crippen LogP contribution in [-0.2, 0) is 4.79 Å². The van der Waals surface area contributed by atoms with Crippen molar-refractivity contribution in [3.8, 4) is 11.8 Å². The molecule has 2 aromatic rings. The maximum atomic E-state index is 12.6. The molecular weight excluding hydrogens is 403 g/mol. The molecule has 0 aromatic heterocycles. The Morgan fingerprint density at radius 1 is 1.21 bits per heavy atom. The highest BCUT2D eigenvalue weighted by Crippen LogP contribution is 2.26. The van der Waals surface area contributed by atoms with Crippen LogP contribution in [0, 0.1) is 11.3 Å². The van der Waals surface area contributed by atoms with Gasteiger partial charge in [-0.2, -0.15) is 5.26 Å². The van der Waals surface area contributed by atoms with Crippen LogP contribution < -0.4 is 20.9 Å². The lowest BCUT2D eigenvalue weighted by Crippen LogP contribution is -2.39. The van der Waals surface area contributed by atoms with Gasteiger partial charge in [-0.25, -0.2) is 5.43 Å². The molecule has 2 rings (SSSR count). The summed E-state index contributed by atoms with van der Waals surface area (Å²) in [7, 11) is 0. The summed E-state index contributed by atoms with van der Waals surface area (Å²) in [6.45, 7) is 3.49. The molecule has 0 aliphatic rings. The Bertz CT molecular complexity index is 928. The first-order chi connectivity index (χ1) is 13.3. The second-order valence-corrected chi connectivity index (χ2v) is 6.50. The predicted molar refractivity (Wildman–Crippen MR) is 107 cm³/mol. The first-order valence-electron chi connectivity index (χ1n) is 8.30. The van der Waals surface area contributed by atoms with E-state index in [1.165, 1.54) is 19.1 Å². The number of ether oxygens (including phenoxy) is 1. The summed E-state index contributed by atoms with van der Waals surface area (Å²) in [5.41, 5.74) is 6.34. The van der Waals surface area contributed by atoms with Crippen molar-refractivity contribution in [3.05, 3.63) is 57.6 Å². The molecule has 0 radical (unpaired) electrons. The van der Waals surface area contributed by atoms with E-state index in [1.54, 1.807) is 31.2 Å². The van der Waals surface area contributed by atoms with Gasteiger partial charge in [0.25, 0.3) is 5.91 Å². The molecule has 0 heterocycles. The molecule has 0 fully saturated rings. The normalized spacial score (nSPS) is 11.2. The second-order valence-electron chi connectivity index (χ2n) is 5.65. The number of carbonyl (C=O) groups excluding carboxylic acids is 2. The minimum absolute atomic E-state index is 0.238. The van der Waals surface area contributed by atoms with Crippen molar-refractivity contribution < 1.29 is 14.3 Å². The quantitative estimate of drug-likeness (QED) is 0.590. The lowest BCUT2D eigenvalue weighted by Gasteiger charge is -2.16. The third-order valence-electron chi connectivity index (χ3n) is 3.58. The predicted octanol–water partition coefficient (Wildman–Crippen LogP) is 3.85. The molecule has 2 aromatic carbocycles. The highest BCUT2D eigenvalue weighted by atomic mass is 35.5. The first kappa shape index (κ1) is 21.5. The average Bonchev–Trinajstić information content (AvgIpc) is 2.63. The number of amides is 2. The zero-order valence-electron chi connectivity index (χ0n) is 15.2. The molecule has 0 bridgehead atoms. The highest BCUT2D eigenvalue weighted by Gasteiger charge is 2.18. The number of hydrogen-bond acceptors (Lipinski definition) is 5. The van der Waals surface area contributed by atoms with E-state index >= 15 is 0 Å². The van der Waals surface area contributed by atoms with Gasteiger partial charge in [0.1, 0.15) is 11.8 Å². The van der Waals surface area contributed by atoms with Gasteiger partial charge < -0.3 is 10.1 Å². The van der Waals surface area contributed by atoms with Crippen LogP contribution in [0.5, 0.6) is 5.75 Å². The Morgan fingerprint density at radius 3 is 2.57 bits per heavy atom. The maximum absolute atomic E-state index is 12.6. The Morgan fingerprint density at radius 2 is 1.96 bits per heavy atom. The summed E-state index contributed by atoms with van der Waals surface area (Å²) < 4.78 is 5.49. The van der Waals surface area contributed by atoms with Gasteiger partial charge in [-0.3, -0.25) is 15.0 Å². The van der Waals surface area contributed by atoms with Crippen LogP contribution in [0.1, 0.15) is 35.8 Å². The van der Waals surface area contributed by atoms with Crippen LogP contribution in [0.3, 0.4) is 0 Å². The van der Waals surface area contributed by atoms with Crippen LogP contribution in [0.25, 0.3) is 0 Å². The number of nitrogens with one attached hydrogen (secondary N) is 3. The number of anilines is 1. The van der Waals surface area contributed by atoms with Crippen molar-refractivity contribution in [3.63, 3.8) is 0 Å². The fourth-order valence-corrected chi connectivity index (χ4v) is 2.90. The number of nitriles is 1. The molecule has 0 aliphatic carbocycles. The second kappa shape index (κ2) is 9.95. The third-order valence-corrected chi connectivity index (χ3v) is 4.14. The van der Waals surface area contributed by atoms with E-state index in [1.807, 2.05) is 6.07 Å². The van der Waals surface area contributed by atoms with Crippen LogP contribution in [0.4, 0.5) is 5.69 Å². The average molecular weight is 421 g/mol. The van der Waals surface area contributed by atoms with Gasteiger partial charge in [-0.05, 0) is 31.2 Å². The molecule has 3 N–H and O–H groups in total. The number of rotatable bonds is 7. The maximum Gasteiger partial charge on any atom is 0.269 e. The van der Waals surface area contributed by atoms with E-state index in [0.29, 0.717) is 33.7 Å². The zero-order valence-corrected chi connectivity index (χ0v) is 16.7. The lowest BCUT2D eigenvalue weighted by molar-refractivity contribution is -0.114. The number of hydrazine groups is 1. The molecule has 1 atom stereocenters. The number of halogens is 2. The Labute approximate surface area is 172 Å². The van der Waals surface area contributed by atoms with Crippen molar-refractivity contribution in [1.82, 2.24) is 10.9 Å². The molecule has 9 heteroatoms. The van der Waals surface area contributed by atoms with Gasteiger partial charge in [0, 0.05) is 34.3 Å². The number of benzene rings is 2. The van der Waals surface area contributed by atoms with Crippen molar-refractivity contribution in [1.29, 1.82) is 5.26 Å². The summed E-state index contributed by atoms with van der Waals surface area (Å²) in [6.07, 6.45) is 0. The van der Waals surface area contributed by atoms with Crippen LogP contribution in [0.2, 0.25) is 10.0 Å². The van der Waals surface area contributed by atoms with E-state index in [9.17, 15) is 14.9 Å². The molecule has 2 amide bonds. The topological polar surface area (TPSA) is 103 Å². The largest absolute Gasteiger partial charge is 0.493 e. The van der Waals surface area contributed by atoms with Gasteiger partial charge >= 0.3 is 0 Å². The smallest absolute Gasteiger partial charge is 0.269 e. The van der Waals surface area contributed by atoms with Gasteiger partial charge in [0.15, 0.2) is 0 Å². The fraction of sp³-hybridized carbons (Fsp3) is 0.211. The molecule has 28 heavy (non-hydrogen) atoms. The standard InChI is InChI=1S/C19H18Cl2N4O3/c1-3-28-18-9-13(23-11(2)26)5-7-15(18)19(27)25-24-17(10-22)14-6-4-12(20)8-16(14)21/h4-9,17,24H,3H2,1-2H3,(H,23,26)(H,25,27)/t17-/m1/s1. The van der Waals surface area contributed by atoms with Gasteiger partial charge in [-0.1, -0.05) is 29.3 Å². The Hall–Kier alpha value is -2.79. The third kappa shape index (κ3) is 5.60. The number of carbonyl (C=O) groups is 2. The molecule has 0 aliphatic heterocycles. The summed E-state index contributed by atoms with van der Waals surface area (Å²) in [5, 5.41) is 12.8. The Kier molecular flexibility index (Phi) is 7.64. The first-order valence-corrected chi connectivity index (χ1v) is 9.06. The van der Waals surface area contributed by atoms with E-state index in [-0.39, 0.29) is 11.5 Å². The van der Waals surface area contributed by atoms with Gasteiger partial charge in [0.2, 0.25) is 5.91 Å².